The lowest BCUT2D eigenvalue weighted by atomic mass is 10.1. The number of rotatable bonds is 6. The summed E-state index contributed by atoms with van der Waals surface area (Å²) in [7, 11) is 0. The number of halogens is 4. The number of thioether (sulfide) groups is 1. The van der Waals surface area contributed by atoms with Gasteiger partial charge in [0.1, 0.15) is 5.03 Å². The van der Waals surface area contributed by atoms with Crippen molar-refractivity contribution < 1.29 is 22.9 Å². The molecule has 1 amide bonds. The van der Waals surface area contributed by atoms with Gasteiger partial charge in [0.2, 0.25) is 5.91 Å². The minimum atomic E-state index is -4.56. The zero-order valence-corrected chi connectivity index (χ0v) is 17.0. The molecular weight excluding hydrogens is 457 g/mol. The van der Waals surface area contributed by atoms with E-state index in [9.17, 15) is 28.1 Å². The third-order valence-corrected chi connectivity index (χ3v) is 5.18. The molecule has 0 saturated heterocycles. The maximum absolute atomic E-state index is 12.8. The van der Waals surface area contributed by atoms with Crippen LogP contribution in [0.2, 0.25) is 5.02 Å². The Balaban J connectivity index is 1.60. The Bertz CT molecular complexity index is 1110. The molecule has 0 aliphatic heterocycles. The first-order valence-electron chi connectivity index (χ1n) is 8.51. The van der Waals surface area contributed by atoms with Gasteiger partial charge in [-0.15, -0.1) is 10.2 Å². The normalized spacial score (nSPS) is 11.2. The first kappa shape index (κ1) is 22.5. The van der Waals surface area contributed by atoms with E-state index in [1.165, 1.54) is 12.1 Å². The predicted molar refractivity (Wildman–Crippen MR) is 110 cm³/mol. The zero-order chi connectivity index (χ0) is 22.6. The van der Waals surface area contributed by atoms with E-state index in [0.29, 0.717) is 16.3 Å². The van der Waals surface area contributed by atoms with Gasteiger partial charge in [-0.2, -0.15) is 13.2 Å². The highest BCUT2D eigenvalue weighted by Gasteiger charge is 2.31. The molecule has 0 radical (unpaired) electrons. The van der Waals surface area contributed by atoms with Gasteiger partial charge in [-0.25, -0.2) is 0 Å². The van der Waals surface area contributed by atoms with E-state index in [0.717, 1.165) is 30.0 Å². The number of benzene rings is 2. The van der Waals surface area contributed by atoms with Gasteiger partial charge in [0.15, 0.2) is 0 Å². The number of hydrogen-bond acceptors (Lipinski definition) is 6. The summed E-state index contributed by atoms with van der Waals surface area (Å²) in [6.07, 6.45) is -4.56. The molecule has 31 heavy (non-hydrogen) atoms. The van der Waals surface area contributed by atoms with Gasteiger partial charge in [0.25, 0.3) is 5.69 Å². The van der Waals surface area contributed by atoms with Crippen LogP contribution >= 0.6 is 23.4 Å². The molecule has 0 aliphatic rings. The minimum Gasteiger partial charge on any atom is -0.324 e. The Morgan fingerprint density at radius 1 is 1.10 bits per heavy atom. The quantitative estimate of drug-likeness (QED) is 0.293. The van der Waals surface area contributed by atoms with Crippen molar-refractivity contribution in [3.05, 3.63) is 75.3 Å². The maximum Gasteiger partial charge on any atom is 0.416 e. The van der Waals surface area contributed by atoms with Gasteiger partial charge >= 0.3 is 6.18 Å². The van der Waals surface area contributed by atoms with Gasteiger partial charge in [0.05, 0.1) is 32.6 Å². The molecule has 1 heterocycles. The summed E-state index contributed by atoms with van der Waals surface area (Å²) in [6.45, 7) is 0. The summed E-state index contributed by atoms with van der Waals surface area (Å²) in [5, 5.41) is 21.4. The van der Waals surface area contributed by atoms with Crippen molar-refractivity contribution in [1.82, 2.24) is 10.2 Å². The van der Waals surface area contributed by atoms with E-state index < -0.39 is 22.6 Å². The van der Waals surface area contributed by atoms with Crippen LogP contribution in [0.15, 0.2) is 59.6 Å². The molecule has 160 valence electrons. The third kappa shape index (κ3) is 5.92. The smallest absolute Gasteiger partial charge is 0.324 e. The van der Waals surface area contributed by atoms with Crippen LogP contribution in [0.1, 0.15) is 5.56 Å². The number of nitrogens with zero attached hydrogens (tertiary/aromatic N) is 3. The number of anilines is 1. The molecule has 0 aliphatic carbocycles. The Kier molecular flexibility index (Phi) is 6.76. The van der Waals surface area contributed by atoms with Crippen LogP contribution < -0.4 is 5.32 Å². The number of nitrogens with one attached hydrogen (secondary N) is 1. The van der Waals surface area contributed by atoms with Crippen LogP contribution in [-0.4, -0.2) is 26.8 Å². The summed E-state index contributed by atoms with van der Waals surface area (Å²) in [6, 6.07) is 11.7. The van der Waals surface area contributed by atoms with Crippen molar-refractivity contribution in [2.75, 3.05) is 11.1 Å². The number of nitro benzene ring substituents is 1. The average Bonchev–Trinajstić information content (AvgIpc) is 2.73. The molecule has 0 fully saturated rings. The number of nitro groups is 1. The van der Waals surface area contributed by atoms with Crippen molar-refractivity contribution in [2.45, 2.75) is 11.2 Å². The van der Waals surface area contributed by atoms with E-state index in [4.69, 9.17) is 11.6 Å². The van der Waals surface area contributed by atoms with Crippen LogP contribution in [-0.2, 0) is 11.0 Å². The lowest BCUT2D eigenvalue weighted by Crippen LogP contribution is -2.15. The van der Waals surface area contributed by atoms with Crippen molar-refractivity contribution in [2.24, 2.45) is 0 Å². The van der Waals surface area contributed by atoms with Gasteiger partial charge in [-0.3, -0.25) is 14.9 Å². The van der Waals surface area contributed by atoms with Crippen LogP contribution in [0.4, 0.5) is 24.5 Å². The number of aromatic nitrogens is 2. The SMILES string of the molecule is O=C(CSc1ccc(-c2ccc([N+](=O)[O-])cc2)nn1)Nc1cc(C(F)(F)F)ccc1Cl. The molecule has 7 nitrogen and oxygen atoms in total. The van der Waals surface area contributed by atoms with Crippen molar-refractivity contribution in [3.63, 3.8) is 0 Å². The second-order valence-corrected chi connectivity index (χ2v) is 7.49. The molecule has 0 saturated carbocycles. The fraction of sp³-hybridized carbons (Fsp3) is 0.105. The van der Waals surface area contributed by atoms with E-state index >= 15 is 0 Å². The molecule has 3 rings (SSSR count). The standard InChI is InChI=1S/C19H12ClF3N4O3S/c20-14-6-3-12(19(21,22)23)9-16(14)24-17(28)10-31-18-8-7-15(25-26-18)11-1-4-13(5-2-11)27(29)30/h1-9H,10H2,(H,24,28). The lowest BCUT2D eigenvalue weighted by molar-refractivity contribution is -0.384. The monoisotopic (exact) mass is 468 g/mol. The second-order valence-electron chi connectivity index (χ2n) is 6.09. The Labute approximate surface area is 182 Å². The minimum absolute atomic E-state index is 0.0152. The summed E-state index contributed by atoms with van der Waals surface area (Å²) < 4.78 is 38.4. The van der Waals surface area contributed by atoms with E-state index in [1.54, 1.807) is 24.3 Å². The number of non-ortho nitro benzene ring substituents is 1. The summed E-state index contributed by atoms with van der Waals surface area (Å²) in [4.78, 5) is 22.3. The summed E-state index contributed by atoms with van der Waals surface area (Å²) >= 11 is 6.90. The molecule has 1 aromatic heterocycles. The summed E-state index contributed by atoms with van der Waals surface area (Å²) in [5.74, 6) is -0.689. The van der Waals surface area contributed by atoms with E-state index in [-0.39, 0.29) is 22.2 Å². The van der Waals surface area contributed by atoms with Crippen LogP contribution in [0.25, 0.3) is 11.3 Å². The first-order chi connectivity index (χ1) is 14.6. The highest BCUT2D eigenvalue weighted by Crippen LogP contribution is 2.34. The third-order valence-electron chi connectivity index (χ3n) is 3.93. The fourth-order valence-electron chi connectivity index (χ4n) is 2.43. The zero-order valence-electron chi connectivity index (χ0n) is 15.4. The Morgan fingerprint density at radius 3 is 2.39 bits per heavy atom. The molecule has 0 bridgehead atoms. The number of carbonyl (C=O) groups excluding carboxylic acids is 1. The molecule has 12 heteroatoms. The molecule has 1 N–H and O–H groups in total. The van der Waals surface area contributed by atoms with Crippen molar-refractivity contribution in [3.8, 4) is 11.3 Å². The second kappa shape index (κ2) is 9.31. The highest BCUT2D eigenvalue weighted by molar-refractivity contribution is 7.99. The highest BCUT2D eigenvalue weighted by atomic mass is 35.5. The van der Waals surface area contributed by atoms with E-state index in [2.05, 4.69) is 15.5 Å². The van der Waals surface area contributed by atoms with Gasteiger partial charge in [-0.1, -0.05) is 23.4 Å². The molecule has 0 spiro atoms. The largest absolute Gasteiger partial charge is 0.416 e. The van der Waals surface area contributed by atoms with Crippen LogP contribution in [0.3, 0.4) is 0 Å². The van der Waals surface area contributed by atoms with Crippen molar-refractivity contribution in [1.29, 1.82) is 0 Å². The molecule has 3 aromatic rings. The van der Waals surface area contributed by atoms with Crippen LogP contribution in [0.5, 0.6) is 0 Å². The predicted octanol–water partition coefficient (Wildman–Crippen LogP) is 5.45. The van der Waals surface area contributed by atoms with Gasteiger partial charge < -0.3 is 5.32 Å². The van der Waals surface area contributed by atoms with Crippen molar-refractivity contribution >= 4 is 40.6 Å². The van der Waals surface area contributed by atoms with Gasteiger partial charge in [0, 0.05) is 17.7 Å². The number of alkyl halides is 3. The maximum atomic E-state index is 12.8. The molecule has 0 atom stereocenters. The molecular formula is C19H12ClF3N4O3S. The molecule has 0 unspecified atom stereocenters. The number of amides is 1. The topological polar surface area (TPSA) is 98.0 Å². The number of hydrogen-bond donors (Lipinski definition) is 1. The summed E-state index contributed by atoms with van der Waals surface area (Å²) in [5.41, 5.74) is 0.0102. The Morgan fingerprint density at radius 2 is 1.81 bits per heavy atom. The fourth-order valence-corrected chi connectivity index (χ4v) is 3.21. The first-order valence-corrected chi connectivity index (χ1v) is 9.88. The Hall–Kier alpha value is -3.18. The van der Waals surface area contributed by atoms with E-state index in [1.807, 2.05) is 0 Å². The van der Waals surface area contributed by atoms with Crippen LogP contribution in [0, 0.1) is 10.1 Å². The van der Waals surface area contributed by atoms with Gasteiger partial charge in [-0.05, 0) is 42.5 Å². The average molecular weight is 469 g/mol. The lowest BCUT2D eigenvalue weighted by Gasteiger charge is -2.11. The number of carbonyl (C=O) groups is 1. The molecule has 2 aromatic carbocycles.